The van der Waals surface area contributed by atoms with Gasteiger partial charge in [0.1, 0.15) is 18.4 Å². The molecule has 1 fully saturated rings. The highest BCUT2D eigenvalue weighted by molar-refractivity contribution is 5.88. The topological polar surface area (TPSA) is 96.3 Å². The molecule has 0 spiro atoms. The van der Waals surface area contributed by atoms with E-state index >= 15 is 0 Å². The third kappa shape index (κ3) is 5.12. The standard InChI is InChI=1S/C29H29NO6/c31-22-14-23(15-22)36-27(20-10-5-2-6-11-20)28(32)30-17-21-12-7-13-26(24(21)16-25(30)29(33)34)35-18-19-8-3-1-4-9-19/h1-13,22-23,25,27,31H,14-18H2,(H,33,34)/t22?,23?,25-,27-/m0/s1. The highest BCUT2D eigenvalue weighted by Crippen LogP contribution is 2.36. The molecule has 0 radical (unpaired) electrons. The van der Waals surface area contributed by atoms with E-state index in [9.17, 15) is 19.8 Å². The number of benzene rings is 3. The lowest BCUT2D eigenvalue weighted by Crippen LogP contribution is -2.51. The van der Waals surface area contributed by atoms with Crippen LogP contribution in [-0.4, -0.2) is 45.2 Å². The zero-order valence-corrected chi connectivity index (χ0v) is 19.8. The predicted molar refractivity (Wildman–Crippen MR) is 132 cm³/mol. The van der Waals surface area contributed by atoms with E-state index in [0.717, 1.165) is 16.7 Å². The summed E-state index contributed by atoms with van der Waals surface area (Å²) in [5, 5.41) is 19.8. The Morgan fingerprint density at radius 1 is 0.944 bits per heavy atom. The molecule has 0 bridgehead atoms. The van der Waals surface area contributed by atoms with Gasteiger partial charge in [-0.05, 0) is 35.6 Å². The van der Waals surface area contributed by atoms with Crippen LogP contribution in [0.2, 0.25) is 0 Å². The van der Waals surface area contributed by atoms with Gasteiger partial charge in [0.05, 0.1) is 12.2 Å². The van der Waals surface area contributed by atoms with E-state index in [1.165, 1.54) is 4.90 Å². The molecule has 186 valence electrons. The number of rotatable bonds is 8. The van der Waals surface area contributed by atoms with Crippen LogP contribution in [0, 0.1) is 0 Å². The Morgan fingerprint density at radius 2 is 1.64 bits per heavy atom. The van der Waals surface area contributed by atoms with Crippen LogP contribution in [0.1, 0.15) is 41.2 Å². The average molecular weight is 488 g/mol. The first-order chi connectivity index (χ1) is 17.5. The molecule has 7 nitrogen and oxygen atoms in total. The first-order valence-corrected chi connectivity index (χ1v) is 12.2. The molecule has 2 atom stereocenters. The zero-order chi connectivity index (χ0) is 25.1. The van der Waals surface area contributed by atoms with Crippen molar-refractivity contribution in [3.05, 3.63) is 101 Å². The smallest absolute Gasteiger partial charge is 0.326 e. The summed E-state index contributed by atoms with van der Waals surface area (Å²) in [5.74, 6) is -0.831. The third-order valence-corrected chi connectivity index (χ3v) is 6.87. The molecule has 1 aliphatic carbocycles. The largest absolute Gasteiger partial charge is 0.489 e. The number of nitrogens with zero attached hydrogens (tertiary/aromatic N) is 1. The first-order valence-electron chi connectivity index (χ1n) is 12.2. The monoisotopic (exact) mass is 487 g/mol. The number of aliphatic carboxylic acids is 1. The number of carbonyl (C=O) groups excluding carboxylic acids is 1. The Morgan fingerprint density at radius 3 is 2.31 bits per heavy atom. The minimum atomic E-state index is -1.07. The van der Waals surface area contributed by atoms with Crippen molar-refractivity contribution >= 4 is 11.9 Å². The van der Waals surface area contributed by atoms with E-state index < -0.39 is 30.1 Å². The second-order valence-electron chi connectivity index (χ2n) is 9.37. The van der Waals surface area contributed by atoms with Crippen LogP contribution in [0.3, 0.4) is 0 Å². The molecular weight excluding hydrogens is 458 g/mol. The van der Waals surface area contributed by atoms with Gasteiger partial charge in [-0.15, -0.1) is 0 Å². The fourth-order valence-electron chi connectivity index (χ4n) is 4.81. The second-order valence-corrected chi connectivity index (χ2v) is 9.37. The zero-order valence-electron chi connectivity index (χ0n) is 19.8. The lowest BCUT2D eigenvalue weighted by Gasteiger charge is -2.39. The van der Waals surface area contributed by atoms with Crippen molar-refractivity contribution in [1.82, 2.24) is 4.90 Å². The number of aliphatic hydroxyl groups is 1. The molecule has 1 aliphatic heterocycles. The number of hydrogen-bond acceptors (Lipinski definition) is 5. The molecule has 1 heterocycles. The molecule has 5 rings (SSSR count). The molecular formula is C29H29NO6. The van der Waals surface area contributed by atoms with E-state index in [1.807, 2.05) is 66.7 Å². The van der Waals surface area contributed by atoms with Gasteiger partial charge in [-0.25, -0.2) is 4.79 Å². The highest BCUT2D eigenvalue weighted by Gasteiger charge is 2.41. The average Bonchev–Trinajstić information content (AvgIpc) is 2.89. The summed E-state index contributed by atoms with van der Waals surface area (Å²) in [6.45, 7) is 0.516. The van der Waals surface area contributed by atoms with Crippen molar-refractivity contribution in [2.24, 2.45) is 0 Å². The van der Waals surface area contributed by atoms with Crippen LogP contribution in [0.5, 0.6) is 5.75 Å². The molecule has 7 heteroatoms. The van der Waals surface area contributed by atoms with Crippen molar-refractivity contribution < 1.29 is 29.3 Å². The van der Waals surface area contributed by atoms with Gasteiger partial charge in [0, 0.05) is 18.5 Å². The second kappa shape index (κ2) is 10.5. The molecule has 1 saturated carbocycles. The number of ether oxygens (including phenoxy) is 2. The number of hydrogen-bond donors (Lipinski definition) is 2. The van der Waals surface area contributed by atoms with Gasteiger partial charge in [0.2, 0.25) is 0 Å². The van der Waals surface area contributed by atoms with Crippen LogP contribution < -0.4 is 4.74 Å². The van der Waals surface area contributed by atoms with Gasteiger partial charge in [-0.3, -0.25) is 4.79 Å². The Labute approximate surface area is 209 Å². The van der Waals surface area contributed by atoms with E-state index in [2.05, 4.69) is 0 Å². The first kappa shape index (κ1) is 24.0. The molecule has 3 aromatic rings. The van der Waals surface area contributed by atoms with Gasteiger partial charge in [0.15, 0.2) is 6.10 Å². The quantitative estimate of drug-likeness (QED) is 0.501. The number of amides is 1. The number of carboxylic acid groups (broad SMARTS) is 1. The fourth-order valence-corrected chi connectivity index (χ4v) is 4.81. The number of aliphatic hydroxyl groups excluding tert-OH is 1. The molecule has 2 N–H and O–H groups in total. The van der Waals surface area contributed by atoms with Crippen molar-refractivity contribution in [2.75, 3.05) is 0 Å². The molecule has 36 heavy (non-hydrogen) atoms. The van der Waals surface area contributed by atoms with Gasteiger partial charge in [0.25, 0.3) is 5.91 Å². The summed E-state index contributed by atoms with van der Waals surface area (Å²) in [6.07, 6.45) is -0.541. The Kier molecular flexibility index (Phi) is 7.02. The number of carboxylic acids is 1. The lowest BCUT2D eigenvalue weighted by molar-refractivity contribution is -0.167. The minimum absolute atomic E-state index is 0.144. The highest BCUT2D eigenvalue weighted by atomic mass is 16.5. The normalized spacial score (nSPS) is 21.7. The van der Waals surface area contributed by atoms with E-state index in [1.54, 1.807) is 12.1 Å². The third-order valence-electron chi connectivity index (χ3n) is 6.87. The summed E-state index contributed by atoms with van der Waals surface area (Å²) in [4.78, 5) is 27.6. The van der Waals surface area contributed by atoms with Gasteiger partial charge in [-0.1, -0.05) is 72.8 Å². The summed E-state index contributed by atoms with van der Waals surface area (Å²) < 4.78 is 12.2. The van der Waals surface area contributed by atoms with Crippen molar-refractivity contribution in [3.63, 3.8) is 0 Å². The van der Waals surface area contributed by atoms with Crippen LogP contribution in [0.4, 0.5) is 0 Å². The minimum Gasteiger partial charge on any atom is -0.489 e. The summed E-state index contributed by atoms with van der Waals surface area (Å²) in [6, 6.07) is 23.5. The molecule has 3 aromatic carbocycles. The Hall–Kier alpha value is -3.68. The van der Waals surface area contributed by atoms with Crippen LogP contribution in [0.15, 0.2) is 78.9 Å². The van der Waals surface area contributed by atoms with E-state index in [-0.39, 0.29) is 19.1 Å². The van der Waals surface area contributed by atoms with Crippen molar-refractivity contribution in [3.8, 4) is 5.75 Å². The summed E-state index contributed by atoms with van der Waals surface area (Å²) in [7, 11) is 0. The van der Waals surface area contributed by atoms with Crippen LogP contribution >= 0.6 is 0 Å². The number of carbonyl (C=O) groups is 2. The molecule has 0 unspecified atom stereocenters. The van der Waals surface area contributed by atoms with Gasteiger partial charge in [-0.2, -0.15) is 0 Å². The van der Waals surface area contributed by atoms with E-state index in [0.29, 0.717) is 30.8 Å². The van der Waals surface area contributed by atoms with Crippen molar-refractivity contribution in [2.45, 2.75) is 56.8 Å². The Balaban J connectivity index is 1.40. The fraction of sp³-hybridized carbons (Fsp3) is 0.310. The molecule has 0 saturated heterocycles. The predicted octanol–water partition coefficient (Wildman–Crippen LogP) is 3.88. The maximum atomic E-state index is 13.8. The lowest BCUT2D eigenvalue weighted by atomic mass is 9.90. The van der Waals surface area contributed by atoms with Crippen LogP contribution in [-0.2, 0) is 33.9 Å². The molecule has 0 aromatic heterocycles. The SMILES string of the molecule is O=C(O)[C@@H]1Cc2c(cccc2OCc2ccccc2)CN1C(=O)[C@@H](OC1CC(O)C1)c1ccccc1. The summed E-state index contributed by atoms with van der Waals surface area (Å²) in [5.41, 5.74) is 3.35. The molecule has 2 aliphatic rings. The van der Waals surface area contributed by atoms with Gasteiger partial charge >= 0.3 is 5.97 Å². The molecule has 1 amide bonds. The van der Waals surface area contributed by atoms with Gasteiger partial charge < -0.3 is 24.6 Å². The van der Waals surface area contributed by atoms with E-state index in [4.69, 9.17) is 9.47 Å². The maximum Gasteiger partial charge on any atom is 0.326 e. The summed E-state index contributed by atoms with van der Waals surface area (Å²) >= 11 is 0. The van der Waals surface area contributed by atoms with Crippen LogP contribution in [0.25, 0.3) is 0 Å². The van der Waals surface area contributed by atoms with Crippen molar-refractivity contribution in [1.29, 1.82) is 0 Å². The Bertz CT molecular complexity index is 1210. The maximum absolute atomic E-state index is 13.8. The number of fused-ring (bicyclic) bond motifs is 1.